The van der Waals surface area contributed by atoms with E-state index in [1.165, 1.54) is 5.57 Å². The van der Waals surface area contributed by atoms with E-state index in [9.17, 15) is 9.59 Å². The molecule has 0 aromatic heterocycles. The Morgan fingerprint density at radius 2 is 1.65 bits per heavy atom. The average Bonchev–Trinajstić information content (AvgIpc) is 3.17. The zero-order valence-corrected chi connectivity index (χ0v) is 18.4. The Bertz CT molecular complexity index is 1100. The molecule has 2 aromatic rings. The largest absolute Gasteiger partial charge is 0.483 e. The maximum absolute atomic E-state index is 11.9. The molecule has 0 N–H and O–H groups in total. The standard InChI is InChI=1S/C25H27N3O3/c1-16(29)18-5-8-20(9-6-18)26-14-27-12-11-22-24(28(27)15-26)21-10-7-19(17(2)30)13-23(21)31-25(22,3)4/h5-11,13,24H,12,14-15H2,1-4H3. The number of benzene rings is 2. The lowest BCUT2D eigenvalue weighted by molar-refractivity contribution is -0.0296. The molecule has 0 spiro atoms. The van der Waals surface area contributed by atoms with Crippen LogP contribution in [0.2, 0.25) is 0 Å². The van der Waals surface area contributed by atoms with Crippen molar-refractivity contribution in [2.24, 2.45) is 0 Å². The van der Waals surface area contributed by atoms with Crippen LogP contribution in [0.25, 0.3) is 0 Å². The Morgan fingerprint density at radius 1 is 0.968 bits per heavy atom. The fourth-order valence-corrected chi connectivity index (χ4v) is 4.85. The van der Waals surface area contributed by atoms with Crippen molar-refractivity contribution >= 4 is 17.3 Å². The summed E-state index contributed by atoms with van der Waals surface area (Å²) in [4.78, 5) is 25.8. The smallest absolute Gasteiger partial charge is 0.159 e. The molecular formula is C25H27N3O3. The number of carbonyl (C=O) groups excluding carboxylic acids is 2. The zero-order valence-electron chi connectivity index (χ0n) is 18.4. The van der Waals surface area contributed by atoms with E-state index in [-0.39, 0.29) is 17.6 Å². The van der Waals surface area contributed by atoms with Crippen molar-refractivity contribution in [1.82, 2.24) is 10.0 Å². The Morgan fingerprint density at radius 3 is 2.32 bits per heavy atom. The van der Waals surface area contributed by atoms with Crippen molar-refractivity contribution in [1.29, 1.82) is 0 Å². The molecule has 1 fully saturated rings. The Labute approximate surface area is 182 Å². The van der Waals surface area contributed by atoms with Gasteiger partial charge in [0.2, 0.25) is 0 Å². The third-order valence-electron chi connectivity index (χ3n) is 6.54. The highest BCUT2D eigenvalue weighted by molar-refractivity contribution is 5.95. The lowest BCUT2D eigenvalue weighted by atomic mass is 9.82. The molecule has 160 valence electrons. The first-order chi connectivity index (χ1) is 14.7. The van der Waals surface area contributed by atoms with Crippen LogP contribution >= 0.6 is 0 Å². The first-order valence-electron chi connectivity index (χ1n) is 10.7. The van der Waals surface area contributed by atoms with Gasteiger partial charge in [-0.3, -0.25) is 9.59 Å². The van der Waals surface area contributed by atoms with Gasteiger partial charge in [0.1, 0.15) is 11.4 Å². The van der Waals surface area contributed by atoms with Gasteiger partial charge >= 0.3 is 0 Å². The second-order valence-electron chi connectivity index (χ2n) is 9.04. The number of ketones is 2. The minimum atomic E-state index is -0.449. The van der Waals surface area contributed by atoms with Gasteiger partial charge in [-0.15, -0.1) is 0 Å². The minimum Gasteiger partial charge on any atom is -0.483 e. The molecule has 3 aliphatic rings. The molecule has 0 bridgehead atoms. The van der Waals surface area contributed by atoms with Crippen LogP contribution in [0.5, 0.6) is 5.75 Å². The maximum Gasteiger partial charge on any atom is 0.159 e. The van der Waals surface area contributed by atoms with E-state index in [0.29, 0.717) is 5.56 Å². The van der Waals surface area contributed by atoms with Crippen LogP contribution < -0.4 is 9.64 Å². The number of anilines is 1. The predicted molar refractivity (Wildman–Crippen MR) is 119 cm³/mol. The van der Waals surface area contributed by atoms with Crippen LogP contribution in [0.1, 0.15) is 60.0 Å². The molecule has 1 unspecified atom stereocenters. The van der Waals surface area contributed by atoms with Crippen LogP contribution in [0.15, 0.2) is 54.1 Å². The maximum atomic E-state index is 11.9. The van der Waals surface area contributed by atoms with Gasteiger partial charge in [-0.2, -0.15) is 0 Å². The van der Waals surface area contributed by atoms with Crippen LogP contribution in [0.4, 0.5) is 5.69 Å². The Kier molecular flexibility index (Phi) is 4.53. The highest BCUT2D eigenvalue weighted by atomic mass is 16.5. The van der Waals surface area contributed by atoms with Crippen molar-refractivity contribution in [2.75, 3.05) is 24.8 Å². The molecule has 0 saturated carbocycles. The number of carbonyl (C=O) groups is 2. The topological polar surface area (TPSA) is 53.1 Å². The number of hydrogen-bond acceptors (Lipinski definition) is 6. The summed E-state index contributed by atoms with van der Waals surface area (Å²) in [6.07, 6.45) is 2.28. The molecule has 5 rings (SSSR count). The lowest BCUT2D eigenvalue weighted by Gasteiger charge is -2.48. The van der Waals surface area contributed by atoms with E-state index in [2.05, 4.69) is 34.8 Å². The molecule has 31 heavy (non-hydrogen) atoms. The monoisotopic (exact) mass is 417 g/mol. The number of ether oxygens (including phenoxy) is 1. The Hall–Kier alpha value is -2.96. The minimum absolute atomic E-state index is 0.0390. The van der Waals surface area contributed by atoms with Crippen molar-refractivity contribution in [2.45, 2.75) is 39.3 Å². The molecule has 0 aliphatic carbocycles. The van der Waals surface area contributed by atoms with E-state index in [4.69, 9.17) is 4.74 Å². The van der Waals surface area contributed by atoms with Gasteiger partial charge in [0.05, 0.1) is 19.4 Å². The molecular weight excluding hydrogens is 390 g/mol. The van der Waals surface area contributed by atoms with Crippen LogP contribution in [0.3, 0.4) is 0 Å². The highest BCUT2D eigenvalue weighted by Crippen LogP contribution is 2.49. The zero-order chi connectivity index (χ0) is 21.9. The summed E-state index contributed by atoms with van der Waals surface area (Å²) < 4.78 is 6.36. The number of hydrazine groups is 1. The normalized spacial score (nSPS) is 22.1. The van der Waals surface area contributed by atoms with Gasteiger partial charge in [-0.05, 0) is 63.6 Å². The Balaban J connectivity index is 1.50. The van der Waals surface area contributed by atoms with E-state index >= 15 is 0 Å². The average molecular weight is 418 g/mol. The quantitative estimate of drug-likeness (QED) is 0.551. The molecule has 6 heteroatoms. The van der Waals surface area contributed by atoms with E-state index in [0.717, 1.165) is 42.4 Å². The highest BCUT2D eigenvalue weighted by Gasteiger charge is 2.47. The lowest BCUT2D eigenvalue weighted by Crippen LogP contribution is -2.51. The van der Waals surface area contributed by atoms with Crippen molar-refractivity contribution < 1.29 is 14.3 Å². The summed E-state index contributed by atoms with van der Waals surface area (Å²) in [5, 5.41) is 4.74. The molecule has 0 amide bonds. The van der Waals surface area contributed by atoms with Gasteiger partial charge in [0.25, 0.3) is 0 Å². The van der Waals surface area contributed by atoms with Crippen molar-refractivity contribution in [3.8, 4) is 5.75 Å². The van der Waals surface area contributed by atoms with Gasteiger partial charge in [0.15, 0.2) is 11.6 Å². The summed E-state index contributed by atoms with van der Waals surface area (Å²) in [7, 11) is 0. The van der Waals surface area contributed by atoms with Gasteiger partial charge in [-0.1, -0.05) is 18.2 Å². The molecule has 3 heterocycles. The number of nitrogens with zero attached hydrogens (tertiary/aromatic N) is 3. The third kappa shape index (κ3) is 3.27. The predicted octanol–water partition coefficient (Wildman–Crippen LogP) is 4.20. The summed E-state index contributed by atoms with van der Waals surface area (Å²) in [5.41, 5.74) is 4.39. The van der Waals surface area contributed by atoms with E-state index in [1.807, 2.05) is 42.5 Å². The van der Waals surface area contributed by atoms with Crippen molar-refractivity contribution in [3.63, 3.8) is 0 Å². The van der Waals surface area contributed by atoms with Crippen LogP contribution in [-0.4, -0.2) is 47.1 Å². The van der Waals surface area contributed by atoms with Gasteiger partial charge < -0.3 is 9.64 Å². The van der Waals surface area contributed by atoms with Crippen molar-refractivity contribution in [3.05, 3.63) is 70.8 Å². The summed E-state index contributed by atoms with van der Waals surface area (Å²) in [5.74, 6) is 0.900. The molecule has 2 aromatic carbocycles. The number of Topliss-reactive ketones (excluding diaryl/α,β-unsaturated/α-hetero) is 2. The molecule has 1 saturated heterocycles. The third-order valence-corrected chi connectivity index (χ3v) is 6.54. The second-order valence-corrected chi connectivity index (χ2v) is 9.04. The molecule has 0 radical (unpaired) electrons. The molecule has 6 nitrogen and oxygen atoms in total. The van der Waals surface area contributed by atoms with Crippen LogP contribution in [0, 0.1) is 0 Å². The fourth-order valence-electron chi connectivity index (χ4n) is 4.85. The fraction of sp³-hybridized carbons (Fsp3) is 0.360. The first kappa shape index (κ1) is 20.0. The first-order valence-corrected chi connectivity index (χ1v) is 10.7. The number of fused-ring (bicyclic) bond motifs is 5. The summed E-state index contributed by atoms with van der Waals surface area (Å²) >= 11 is 0. The summed E-state index contributed by atoms with van der Waals surface area (Å²) in [6, 6.07) is 13.7. The second kappa shape index (κ2) is 7.04. The SMILES string of the molecule is CC(=O)c1ccc(N2CN3CC=C4C(c5ccc(C(C)=O)cc5OC4(C)C)N3C2)cc1. The molecule has 1 atom stereocenters. The van der Waals surface area contributed by atoms with Gasteiger partial charge in [0, 0.05) is 28.9 Å². The summed E-state index contributed by atoms with van der Waals surface area (Å²) in [6.45, 7) is 9.71. The van der Waals surface area contributed by atoms with Crippen LogP contribution in [-0.2, 0) is 0 Å². The molecule has 3 aliphatic heterocycles. The number of hydrogen-bond donors (Lipinski definition) is 0. The van der Waals surface area contributed by atoms with E-state index in [1.54, 1.807) is 13.8 Å². The van der Waals surface area contributed by atoms with E-state index < -0.39 is 5.60 Å². The van der Waals surface area contributed by atoms with Gasteiger partial charge in [-0.25, -0.2) is 10.0 Å². The number of rotatable bonds is 3.